The number of benzene rings is 2. The first-order chi connectivity index (χ1) is 12.6. The molecule has 5 heteroatoms. The smallest absolute Gasteiger partial charge is 0.337 e. The molecule has 0 atom stereocenters. The van der Waals surface area contributed by atoms with Gasteiger partial charge in [0.1, 0.15) is 0 Å². The third kappa shape index (κ3) is 2.75. The molecular formula is C21H20N2O3. The third-order valence-corrected chi connectivity index (χ3v) is 4.98. The maximum Gasteiger partial charge on any atom is 0.337 e. The van der Waals surface area contributed by atoms with Crippen molar-refractivity contribution < 1.29 is 14.3 Å². The first kappa shape index (κ1) is 16.4. The third-order valence-electron chi connectivity index (χ3n) is 4.98. The van der Waals surface area contributed by atoms with E-state index < -0.39 is 0 Å². The lowest BCUT2D eigenvalue weighted by molar-refractivity contribution is 0.0600. The van der Waals surface area contributed by atoms with Crippen LogP contribution in [-0.2, 0) is 17.7 Å². The highest BCUT2D eigenvalue weighted by Gasteiger charge is 2.25. The number of nitrogens with one attached hydrogen (secondary N) is 1. The molecular weight excluding hydrogens is 328 g/mol. The molecule has 3 aromatic rings. The van der Waals surface area contributed by atoms with Gasteiger partial charge in [0.15, 0.2) is 0 Å². The van der Waals surface area contributed by atoms with Crippen molar-refractivity contribution in [1.82, 2.24) is 9.88 Å². The highest BCUT2D eigenvalue weighted by atomic mass is 16.5. The Bertz CT molecular complexity index is 1000. The van der Waals surface area contributed by atoms with Gasteiger partial charge in [-0.05, 0) is 37.3 Å². The van der Waals surface area contributed by atoms with E-state index in [9.17, 15) is 9.59 Å². The van der Waals surface area contributed by atoms with Crippen LogP contribution >= 0.6 is 0 Å². The van der Waals surface area contributed by atoms with Gasteiger partial charge in [-0.15, -0.1) is 0 Å². The average molecular weight is 348 g/mol. The lowest BCUT2D eigenvalue weighted by Gasteiger charge is -2.27. The molecule has 5 nitrogen and oxygen atoms in total. The van der Waals surface area contributed by atoms with Crippen molar-refractivity contribution in [3.63, 3.8) is 0 Å². The Morgan fingerprint density at radius 1 is 1.08 bits per heavy atom. The summed E-state index contributed by atoms with van der Waals surface area (Å²) in [7, 11) is 1.38. The minimum atomic E-state index is -0.356. The topological polar surface area (TPSA) is 62.4 Å². The zero-order valence-corrected chi connectivity index (χ0v) is 14.8. The summed E-state index contributed by atoms with van der Waals surface area (Å²) < 4.78 is 4.82. The first-order valence-corrected chi connectivity index (χ1v) is 8.64. The second kappa shape index (κ2) is 6.33. The van der Waals surface area contributed by atoms with E-state index in [1.165, 1.54) is 7.11 Å². The van der Waals surface area contributed by atoms with Crippen molar-refractivity contribution in [2.45, 2.75) is 19.9 Å². The number of aryl methyl sites for hydroxylation is 1. The molecule has 0 spiro atoms. The van der Waals surface area contributed by atoms with Crippen LogP contribution in [-0.4, -0.2) is 35.4 Å². The Labute approximate surface area is 151 Å². The summed E-state index contributed by atoms with van der Waals surface area (Å²) in [5.41, 5.74) is 5.55. The number of rotatable bonds is 2. The standard InChI is InChI=1S/C21H20N2O3/c1-13-3-5-14(6-4-13)20(24)23-10-9-19-17(12-23)16-11-15(21(25)26-2)7-8-18(16)22-19/h3-8,11,22H,9-10,12H2,1-2H3. The fourth-order valence-corrected chi connectivity index (χ4v) is 3.51. The van der Waals surface area contributed by atoms with Crippen molar-refractivity contribution in [2.24, 2.45) is 0 Å². The highest BCUT2D eigenvalue weighted by Crippen LogP contribution is 2.29. The van der Waals surface area contributed by atoms with E-state index in [1.54, 1.807) is 6.07 Å². The molecule has 0 saturated carbocycles. The number of hydrogen-bond donors (Lipinski definition) is 1. The van der Waals surface area contributed by atoms with Gasteiger partial charge in [-0.25, -0.2) is 4.79 Å². The van der Waals surface area contributed by atoms with Gasteiger partial charge in [0.05, 0.1) is 12.7 Å². The van der Waals surface area contributed by atoms with E-state index in [-0.39, 0.29) is 11.9 Å². The van der Waals surface area contributed by atoms with Gasteiger partial charge < -0.3 is 14.6 Å². The molecule has 1 aromatic heterocycles. The number of amides is 1. The van der Waals surface area contributed by atoms with Crippen LogP contribution in [0.5, 0.6) is 0 Å². The molecule has 0 fully saturated rings. The normalized spacial score (nSPS) is 13.5. The van der Waals surface area contributed by atoms with Crippen LogP contribution in [0.15, 0.2) is 42.5 Å². The van der Waals surface area contributed by atoms with Crippen molar-refractivity contribution in [2.75, 3.05) is 13.7 Å². The first-order valence-electron chi connectivity index (χ1n) is 8.64. The van der Waals surface area contributed by atoms with Gasteiger partial charge in [0.2, 0.25) is 0 Å². The van der Waals surface area contributed by atoms with Gasteiger partial charge in [0.25, 0.3) is 5.91 Å². The molecule has 0 unspecified atom stereocenters. The fourth-order valence-electron chi connectivity index (χ4n) is 3.51. The molecule has 26 heavy (non-hydrogen) atoms. The number of esters is 1. The number of carbonyl (C=O) groups excluding carboxylic acids is 2. The molecule has 1 amide bonds. The molecule has 0 aliphatic carbocycles. The molecule has 1 aliphatic rings. The summed E-state index contributed by atoms with van der Waals surface area (Å²) in [6, 6.07) is 13.1. The second-order valence-corrected chi connectivity index (χ2v) is 6.68. The molecule has 2 aromatic carbocycles. The number of nitrogens with zero attached hydrogens (tertiary/aromatic N) is 1. The van der Waals surface area contributed by atoms with E-state index >= 15 is 0 Å². The monoisotopic (exact) mass is 348 g/mol. The van der Waals surface area contributed by atoms with Crippen molar-refractivity contribution in [3.05, 3.63) is 70.4 Å². The summed E-state index contributed by atoms with van der Waals surface area (Å²) in [6.45, 7) is 3.22. The summed E-state index contributed by atoms with van der Waals surface area (Å²) in [5.74, 6) is -0.320. The Morgan fingerprint density at radius 2 is 1.81 bits per heavy atom. The molecule has 1 aliphatic heterocycles. The van der Waals surface area contributed by atoms with Crippen LogP contribution in [0.25, 0.3) is 10.9 Å². The van der Waals surface area contributed by atoms with E-state index in [1.807, 2.05) is 48.2 Å². The summed E-state index contributed by atoms with van der Waals surface area (Å²) >= 11 is 0. The van der Waals surface area contributed by atoms with Crippen LogP contribution in [0, 0.1) is 6.92 Å². The number of ether oxygens (including phenoxy) is 1. The Balaban J connectivity index is 1.67. The van der Waals surface area contributed by atoms with Crippen LogP contribution in [0.3, 0.4) is 0 Å². The van der Waals surface area contributed by atoms with E-state index in [0.717, 1.165) is 34.1 Å². The summed E-state index contributed by atoms with van der Waals surface area (Å²) in [5, 5.41) is 0.976. The number of hydrogen-bond acceptors (Lipinski definition) is 3. The average Bonchev–Trinajstić information content (AvgIpc) is 3.04. The van der Waals surface area contributed by atoms with Crippen molar-refractivity contribution in [3.8, 4) is 0 Å². The van der Waals surface area contributed by atoms with E-state index in [4.69, 9.17) is 4.74 Å². The number of carbonyl (C=O) groups is 2. The Kier molecular flexibility index (Phi) is 3.99. The van der Waals surface area contributed by atoms with Crippen LogP contribution in [0.2, 0.25) is 0 Å². The Hall–Kier alpha value is -3.08. The van der Waals surface area contributed by atoms with Crippen molar-refractivity contribution >= 4 is 22.8 Å². The maximum absolute atomic E-state index is 12.8. The summed E-state index contributed by atoms with van der Waals surface area (Å²) in [4.78, 5) is 30.0. The fraction of sp³-hybridized carbons (Fsp3) is 0.238. The number of methoxy groups -OCH3 is 1. The molecule has 2 heterocycles. The molecule has 0 radical (unpaired) electrons. The van der Waals surface area contributed by atoms with Crippen LogP contribution in [0.4, 0.5) is 0 Å². The van der Waals surface area contributed by atoms with Gasteiger partial charge in [0, 0.05) is 47.2 Å². The molecule has 132 valence electrons. The van der Waals surface area contributed by atoms with E-state index in [2.05, 4.69) is 4.98 Å². The largest absolute Gasteiger partial charge is 0.465 e. The number of fused-ring (bicyclic) bond motifs is 3. The zero-order chi connectivity index (χ0) is 18.3. The van der Waals surface area contributed by atoms with E-state index in [0.29, 0.717) is 24.2 Å². The highest BCUT2D eigenvalue weighted by molar-refractivity contribution is 5.97. The molecule has 0 saturated heterocycles. The lowest BCUT2D eigenvalue weighted by atomic mass is 10.0. The Morgan fingerprint density at radius 3 is 2.54 bits per heavy atom. The molecule has 1 N–H and O–H groups in total. The predicted octanol–water partition coefficient (Wildman–Crippen LogP) is 3.46. The lowest BCUT2D eigenvalue weighted by Crippen LogP contribution is -2.35. The van der Waals surface area contributed by atoms with Crippen molar-refractivity contribution in [1.29, 1.82) is 0 Å². The SMILES string of the molecule is COC(=O)c1ccc2[nH]c3c(c2c1)CN(C(=O)c1ccc(C)cc1)CC3. The number of aromatic amines is 1. The van der Waals surface area contributed by atoms with Gasteiger partial charge in [-0.2, -0.15) is 0 Å². The minimum Gasteiger partial charge on any atom is -0.465 e. The van der Waals surface area contributed by atoms with Gasteiger partial charge in [-0.3, -0.25) is 4.79 Å². The zero-order valence-electron chi connectivity index (χ0n) is 14.8. The number of aromatic nitrogens is 1. The predicted molar refractivity (Wildman–Crippen MR) is 99.3 cm³/mol. The molecule has 4 rings (SSSR count). The quantitative estimate of drug-likeness (QED) is 0.722. The second-order valence-electron chi connectivity index (χ2n) is 6.68. The van der Waals surface area contributed by atoms with Gasteiger partial charge in [-0.1, -0.05) is 17.7 Å². The summed E-state index contributed by atoms with van der Waals surface area (Å²) in [6.07, 6.45) is 0.773. The minimum absolute atomic E-state index is 0.0362. The maximum atomic E-state index is 12.8. The molecule has 0 bridgehead atoms. The number of H-pyrrole nitrogens is 1. The van der Waals surface area contributed by atoms with Gasteiger partial charge >= 0.3 is 5.97 Å². The van der Waals surface area contributed by atoms with Crippen LogP contribution in [0.1, 0.15) is 37.5 Å². The van der Waals surface area contributed by atoms with Crippen LogP contribution < -0.4 is 0 Å².